The van der Waals surface area contributed by atoms with Gasteiger partial charge in [0.15, 0.2) is 0 Å². The van der Waals surface area contributed by atoms with E-state index in [1.807, 2.05) is 6.92 Å². The highest BCUT2D eigenvalue weighted by atomic mass is 127. The van der Waals surface area contributed by atoms with Crippen LogP contribution in [0.2, 0.25) is 0 Å². The lowest BCUT2D eigenvalue weighted by Crippen LogP contribution is -2.23. The summed E-state index contributed by atoms with van der Waals surface area (Å²) in [6, 6.07) is 12.2. The number of halogens is 1. The molecule has 0 aliphatic heterocycles. The van der Waals surface area contributed by atoms with Gasteiger partial charge in [-0.1, -0.05) is 12.1 Å². The summed E-state index contributed by atoms with van der Waals surface area (Å²) in [5.41, 5.74) is 3.80. The number of hydrogen-bond acceptors (Lipinski definition) is 7. The second-order valence-electron chi connectivity index (χ2n) is 6.37. The number of nitrogens with one attached hydrogen (secondary N) is 1. The molecular weight excluding hydrogens is 471 g/mol. The van der Waals surface area contributed by atoms with Crippen molar-refractivity contribution in [1.29, 1.82) is 5.26 Å². The van der Waals surface area contributed by atoms with Crippen LogP contribution >= 0.6 is 22.6 Å². The molecule has 3 rings (SSSR count). The molecule has 1 unspecified atom stereocenters. The van der Waals surface area contributed by atoms with E-state index < -0.39 is 12.1 Å². The summed E-state index contributed by atoms with van der Waals surface area (Å²) in [5.74, 6) is 0.591. The zero-order valence-corrected chi connectivity index (χ0v) is 17.5. The molecule has 0 fully saturated rings. The van der Waals surface area contributed by atoms with Gasteiger partial charge in [-0.05, 0) is 71.8 Å². The lowest BCUT2D eigenvalue weighted by atomic mass is 10.1. The molecule has 1 aromatic heterocycles. The largest absolute Gasteiger partial charge is 0.418 e. The molecule has 2 aromatic carbocycles. The Kier molecular flexibility index (Phi) is 6.28. The SMILES string of the molecule is Cc1c(NC(c2nnc(-c3ccc(CO)cc3)o2)[C@H](C)O)ccc(C#N)c1I. The van der Waals surface area contributed by atoms with E-state index in [0.29, 0.717) is 11.5 Å². The van der Waals surface area contributed by atoms with Crippen molar-refractivity contribution < 1.29 is 14.6 Å². The monoisotopic (exact) mass is 490 g/mol. The molecule has 144 valence electrons. The summed E-state index contributed by atoms with van der Waals surface area (Å²) in [6.45, 7) is 3.51. The highest BCUT2D eigenvalue weighted by molar-refractivity contribution is 14.1. The molecule has 3 aromatic rings. The predicted octanol–water partition coefficient (Wildman–Crippen LogP) is 3.55. The van der Waals surface area contributed by atoms with Crippen molar-refractivity contribution in [3.05, 3.63) is 62.5 Å². The Bertz CT molecular complexity index is 1010. The van der Waals surface area contributed by atoms with Crippen molar-refractivity contribution in [1.82, 2.24) is 10.2 Å². The van der Waals surface area contributed by atoms with E-state index in [4.69, 9.17) is 14.8 Å². The Balaban J connectivity index is 1.88. The molecule has 0 amide bonds. The smallest absolute Gasteiger partial charge is 0.247 e. The molecule has 0 saturated heterocycles. The number of nitrogens with zero attached hydrogens (tertiary/aromatic N) is 3. The number of nitriles is 1. The van der Waals surface area contributed by atoms with Gasteiger partial charge in [0.2, 0.25) is 11.8 Å². The molecule has 3 N–H and O–H groups in total. The van der Waals surface area contributed by atoms with Crippen LogP contribution in [0.3, 0.4) is 0 Å². The van der Waals surface area contributed by atoms with Crippen LogP contribution in [0.15, 0.2) is 40.8 Å². The first kappa shape index (κ1) is 20.3. The quantitative estimate of drug-likeness (QED) is 0.453. The van der Waals surface area contributed by atoms with Gasteiger partial charge in [-0.25, -0.2) is 0 Å². The van der Waals surface area contributed by atoms with Crippen LogP contribution in [-0.2, 0) is 6.61 Å². The summed E-state index contributed by atoms with van der Waals surface area (Å²) < 4.78 is 6.64. The minimum atomic E-state index is -0.794. The number of benzene rings is 2. The Morgan fingerprint density at radius 3 is 2.54 bits per heavy atom. The maximum atomic E-state index is 10.3. The van der Waals surface area contributed by atoms with Crippen LogP contribution in [0, 0.1) is 21.8 Å². The summed E-state index contributed by atoms with van der Waals surface area (Å²) in [5, 5.41) is 40.0. The fraction of sp³-hybridized carbons (Fsp3) is 0.250. The van der Waals surface area contributed by atoms with Gasteiger partial charge in [0.25, 0.3) is 0 Å². The van der Waals surface area contributed by atoms with E-state index in [1.165, 1.54) is 0 Å². The number of anilines is 1. The van der Waals surface area contributed by atoms with Gasteiger partial charge in [-0.3, -0.25) is 0 Å². The average Bonchev–Trinajstić information content (AvgIpc) is 3.18. The molecule has 0 spiro atoms. The van der Waals surface area contributed by atoms with E-state index in [2.05, 4.69) is 44.2 Å². The predicted molar refractivity (Wildman–Crippen MR) is 112 cm³/mol. The van der Waals surface area contributed by atoms with Gasteiger partial charge < -0.3 is 19.9 Å². The zero-order chi connectivity index (χ0) is 20.3. The third kappa shape index (κ3) is 4.16. The minimum Gasteiger partial charge on any atom is -0.418 e. The van der Waals surface area contributed by atoms with Gasteiger partial charge in [0.05, 0.1) is 18.3 Å². The number of aromatic nitrogens is 2. The van der Waals surface area contributed by atoms with Crippen molar-refractivity contribution in [2.75, 3.05) is 5.32 Å². The molecule has 8 heteroatoms. The maximum absolute atomic E-state index is 10.3. The Morgan fingerprint density at radius 1 is 1.21 bits per heavy atom. The standard InChI is InChI=1S/C20H19IN4O3/c1-11-16(8-7-15(9-22)17(11)21)23-18(12(2)27)20-25-24-19(28-20)14-5-3-13(10-26)4-6-14/h3-8,12,18,23,26-27H,10H2,1-2H3/t12-,18?/m0/s1. The molecule has 28 heavy (non-hydrogen) atoms. The number of rotatable bonds is 6. The van der Waals surface area contributed by atoms with Crippen LogP contribution in [0.4, 0.5) is 5.69 Å². The van der Waals surface area contributed by atoms with E-state index in [0.717, 1.165) is 25.9 Å². The van der Waals surface area contributed by atoms with Gasteiger partial charge in [0.1, 0.15) is 12.1 Å². The van der Waals surface area contributed by atoms with Gasteiger partial charge in [0, 0.05) is 14.8 Å². The van der Waals surface area contributed by atoms with E-state index in [1.54, 1.807) is 43.3 Å². The van der Waals surface area contributed by atoms with Crippen molar-refractivity contribution in [3.63, 3.8) is 0 Å². The second-order valence-corrected chi connectivity index (χ2v) is 7.45. The van der Waals surface area contributed by atoms with Crippen LogP contribution < -0.4 is 5.32 Å². The van der Waals surface area contributed by atoms with E-state index in [-0.39, 0.29) is 12.5 Å². The minimum absolute atomic E-state index is 0.0356. The van der Waals surface area contributed by atoms with Crippen LogP contribution in [0.5, 0.6) is 0 Å². The molecule has 0 aliphatic carbocycles. The third-order valence-electron chi connectivity index (χ3n) is 4.39. The number of aliphatic hydroxyl groups is 2. The molecule has 0 aliphatic rings. The summed E-state index contributed by atoms with van der Waals surface area (Å²) in [6.07, 6.45) is -0.794. The molecule has 0 radical (unpaired) electrons. The fourth-order valence-electron chi connectivity index (χ4n) is 2.71. The normalized spacial score (nSPS) is 13.0. The third-order valence-corrected chi connectivity index (χ3v) is 5.78. The van der Waals surface area contributed by atoms with Crippen molar-refractivity contribution >= 4 is 28.3 Å². The summed E-state index contributed by atoms with van der Waals surface area (Å²) in [4.78, 5) is 0. The Morgan fingerprint density at radius 2 is 1.93 bits per heavy atom. The topological polar surface area (TPSA) is 115 Å². The Hall–Kier alpha value is -2.48. The first-order valence-corrected chi connectivity index (χ1v) is 9.69. The molecule has 1 heterocycles. The lowest BCUT2D eigenvalue weighted by molar-refractivity contribution is 0.159. The molecular formula is C20H19IN4O3. The highest BCUT2D eigenvalue weighted by Gasteiger charge is 2.25. The molecule has 2 atom stereocenters. The Labute approximate surface area is 176 Å². The molecule has 0 bridgehead atoms. The fourth-order valence-corrected chi connectivity index (χ4v) is 3.30. The average molecular weight is 490 g/mol. The summed E-state index contributed by atoms with van der Waals surface area (Å²) in [7, 11) is 0. The van der Waals surface area contributed by atoms with E-state index in [9.17, 15) is 5.11 Å². The van der Waals surface area contributed by atoms with Gasteiger partial charge in [-0.15, -0.1) is 10.2 Å². The van der Waals surface area contributed by atoms with Gasteiger partial charge >= 0.3 is 0 Å². The van der Waals surface area contributed by atoms with Gasteiger partial charge in [-0.2, -0.15) is 5.26 Å². The van der Waals surface area contributed by atoms with E-state index >= 15 is 0 Å². The highest BCUT2D eigenvalue weighted by Crippen LogP contribution is 2.30. The zero-order valence-electron chi connectivity index (χ0n) is 15.3. The number of aliphatic hydroxyl groups excluding tert-OH is 2. The number of hydrogen-bond donors (Lipinski definition) is 3. The van der Waals surface area contributed by atoms with Crippen LogP contribution in [0.25, 0.3) is 11.5 Å². The second kappa shape index (κ2) is 8.68. The van der Waals surface area contributed by atoms with Crippen LogP contribution in [-0.4, -0.2) is 26.5 Å². The first-order chi connectivity index (χ1) is 13.4. The first-order valence-electron chi connectivity index (χ1n) is 8.62. The maximum Gasteiger partial charge on any atom is 0.247 e. The summed E-state index contributed by atoms with van der Waals surface area (Å²) >= 11 is 2.13. The van der Waals surface area contributed by atoms with Crippen molar-refractivity contribution in [3.8, 4) is 17.5 Å². The van der Waals surface area contributed by atoms with Crippen molar-refractivity contribution in [2.24, 2.45) is 0 Å². The molecule has 7 nitrogen and oxygen atoms in total. The lowest BCUT2D eigenvalue weighted by Gasteiger charge is -2.21. The van der Waals surface area contributed by atoms with Crippen molar-refractivity contribution in [2.45, 2.75) is 32.6 Å². The molecule has 0 saturated carbocycles. The van der Waals surface area contributed by atoms with Crippen LogP contribution in [0.1, 0.15) is 35.5 Å².